The number of hydrogen-bond acceptors (Lipinski definition) is 4. The van der Waals surface area contributed by atoms with Gasteiger partial charge >= 0.3 is 0 Å². The summed E-state index contributed by atoms with van der Waals surface area (Å²) in [7, 11) is -1.43. The lowest BCUT2D eigenvalue weighted by Crippen LogP contribution is -2.57. The molecule has 30 heavy (non-hydrogen) atoms. The highest BCUT2D eigenvalue weighted by molar-refractivity contribution is 7.92. The molecule has 162 valence electrons. The number of para-hydroxylation sites is 1. The molecule has 1 heterocycles. The first-order chi connectivity index (χ1) is 14.2. The molecule has 3 rings (SSSR count). The van der Waals surface area contributed by atoms with E-state index < -0.39 is 20.4 Å². The highest BCUT2D eigenvalue weighted by Gasteiger charge is 2.40. The van der Waals surface area contributed by atoms with Crippen molar-refractivity contribution in [2.75, 3.05) is 32.4 Å². The van der Waals surface area contributed by atoms with Gasteiger partial charge in [-0.15, -0.1) is 0 Å². The predicted octanol–water partition coefficient (Wildman–Crippen LogP) is 3.24. The van der Waals surface area contributed by atoms with Gasteiger partial charge in [-0.2, -0.15) is 0 Å². The van der Waals surface area contributed by atoms with Crippen molar-refractivity contribution in [1.29, 1.82) is 0 Å². The summed E-state index contributed by atoms with van der Waals surface area (Å²) in [5.41, 5.74) is 0.831. The van der Waals surface area contributed by atoms with E-state index in [0.717, 1.165) is 5.56 Å². The number of sulfone groups is 1. The standard InChI is InChI=1S/C22H28FN3O3S/c1-22(2)16-26(13-14-30(22,27)28)21(24-3)25-12-11-17-9-10-20(19(23)15-17)29-18-7-5-4-6-8-18/h4-10,15H,11-14,16H2,1-3H3,(H,24,25). The second kappa shape index (κ2) is 9.04. The first kappa shape index (κ1) is 22.1. The van der Waals surface area contributed by atoms with Crippen molar-refractivity contribution in [3.05, 3.63) is 59.9 Å². The van der Waals surface area contributed by atoms with Crippen LogP contribution in [0.25, 0.3) is 0 Å². The van der Waals surface area contributed by atoms with Crippen LogP contribution >= 0.6 is 0 Å². The van der Waals surface area contributed by atoms with Gasteiger partial charge in [0, 0.05) is 26.7 Å². The quantitative estimate of drug-likeness (QED) is 0.579. The first-order valence-electron chi connectivity index (χ1n) is 9.91. The number of hydrogen-bond donors (Lipinski definition) is 1. The SMILES string of the molecule is CN=C(NCCc1ccc(Oc2ccccc2)c(F)c1)N1CCS(=O)(=O)C(C)(C)C1. The Balaban J connectivity index is 1.56. The molecule has 1 fully saturated rings. The summed E-state index contributed by atoms with van der Waals surface area (Å²) in [6.45, 7) is 4.82. The smallest absolute Gasteiger partial charge is 0.193 e. The maximum absolute atomic E-state index is 14.4. The van der Waals surface area contributed by atoms with Gasteiger partial charge in [-0.1, -0.05) is 24.3 Å². The van der Waals surface area contributed by atoms with Crippen LogP contribution in [-0.4, -0.2) is 56.5 Å². The zero-order valence-electron chi connectivity index (χ0n) is 17.6. The normalized spacial score (nSPS) is 18.1. The Hall–Kier alpha value is -2.61. The van der Waals surface area contributed by atoms with Crippen LogP contribution in [0.1, 0.15) is 19.4 Å². The molecule has 0 amide bonds. The van der Waals surface area contributed by atoms with E-state index in [1.54, 1.807) is 39.1 Å². The van der Waals surface area contributed by atoms with Crippen LogP contribution < -0.4 is 10.1 Å². The van der Waals surface area contributed by atoms with Gasteiger partial charge in [0.25, 0.3) is 0 Å². The third kappa shape index (κ3) is 5.11. The largest absolute Gasteiger partial charge is 0.454 e. The average Bonchev–Trinajstić information content (AvgIpc) is 2.70. The lowest BCUT2D eigenvalue weighted by atomic mass is 10.1. The molecule has 1 aliphatic rings. The van der Waals surface area contributed by atoms with E-state index in [4.69, 9.17) is 4.74 Å². The molecule has 0 bridgehead atoms. The number of guanidine groups is 1. The van der Waals surface area contributed by atoms with E-state index in [-0.39, 0.29) is 11.5 Å². The Morgan fingerprint density at radius 3 is 2.60 bits per heavy atom. The van der Waals surface area contributed by atoms with Crippen LogP contribution in [0.15, 0.2) is 53.5 Å². The summed E-state index contributed by atoms with van der Waals surface area (Å²) in [5, 5.41) is 3.25. The fourth-order valence-corrected chi connectivity index (χ4v) is 4.74. The summed E-state index contributed by atoms with van der Waals surface area (Å²) in [5.74, 6) is 1.12. The monoisotopic (exact) mass is 433 g/mol. The van der Waals surface area contributed by atoms with E-state index in [1.165, 1.54) is 6.07 Å². The topological polar surface area (TPSA) is 71.0 Å². The van der Waals surface area contributed by atoms with Crippen molar-refractivity contribution < 1.29 is 17.5 Å². The van der Waals surface area contributed by atoms with Gasteiger partial charge in [-0.3, -0.25) is 4.99 Å². The van der Waals surface area contributed by atoms with E-state index in [1.807, 2.05) is 29.2 Å². The molecule has 0 atom stereocenters. The molecule has 8 heteroatoms. The molecule has 1 N–H and O–H groups in total. The average molecular weight is 434 g/mol. The number of rotatable bonds is 5. The van der Waals surface area contributed by atoms with E-state index >= 15 is 0 Å². The Labute approximate surface area is 177 Å². The Bertz CT molecular complexity index is 1010. The van der Waals surface area contributed by atoms with Crippen molar-refractivity contribution in [2.45, 2.75) is 25.0 Å². The number of halogens is 1. The molecular weight excluding hydrogens is 405 g/mol. The van der Waals surface area contributed by atoms with Crippen molar-refractivity contribution in [2.24, 2.45) is 4.99 Å². The van der Waals surface area contributed by atoms with Gasteiger partial charge in [-0.05, 0) is 50.1 Å². The summed E-state index contributed by atoms with van der Waals surface area (Å²) in [6, 6.07) is 14.0. The maximum Gasteiger partial charge on any atom is 0.193 e. The number of benzene rings is 2. The zero-order chi connectivity index (χ0) is 21.8. The van der Waals surface area contributed by atoms with Crippen LogP contribution in [0.2, 0.25) is 0 Å². The molecule has 0 aromatic heterocycles. The minimum Gasteiger partial charge on any atom is -0.454 e. The summed E-state index contributed by atoms with van der Waals surface area (Å²) in [4.78, 5) is 6.23. The first-order valence-corrected chi connectivity index (χ1v) is 11.6. The van der Waals surface area contributed by atoms with Gasteiger partial charge in [0.15, 0.2) is 27.4 Å². The highest BCUT2D eigenvalue weighted by atomic mass is 32.2. The van der Waals surface area contributed by atoms with Crippen LogP contribution in [0.5, 0.6) is 11.5 Å². The van der Waals surface area contributed by atoms with Crippen molar-refractivity contribution in [1.82, 2.24) is 10.2 Å². The third-order valence-electron chi connectivity index (χ3n) is 5.22. The van der Waals surface area contributed by atoms with E-state index in [9.17, 15) is 12.8 Å². The zero-order valence-corrected chi connectivity index (χ0v) is 18.4. The molecular formula is C22H28FN3O3S. The molecule has 1 saturated heterocycles. The van der Waals surface area contributed by atoms with E-state index in [2.05, 4.69) is 10.3 Å². The minimum absolute atomic E-state index is 0.106. The van der Waals surface area contributed by atoms with Crippen LogP contribution in [-0.2, 0) is 16.3 Å². The van der Waals surface area contributed by atoms with Gasteiger partial charge in [-0.25, -0.2) is 12.8 Å². The van der Waals surface area contributed by atoms with Crippen LogP contribution in [0.3, 0.4) is 0 Å². The van der Waals surface area contributed by atoms with Gasteiger partial charge in [0.1, 0.15) is 5.75 Å². The molecule has 0 aliphatic carbocycles. The minimum atomic E-state index is -3.11. The molecule has 0 spiro atoms. The van der Waals surface area contributed by atoms with Gasteiger partial charge in [0.2, 0.25) is 0 Å². The fraction of sp³-hybridized carbons (Fsp3) is 0.409. The maximum atomic E-state index is 14.4. The number of aliphatic imine (C=N–C) groups is 1. The van der Waals surface area contributed by atoms with Crippen molar-refractivity contribution >= 4 is 15.8 Å². The molecule has 1 aliphatic heterocycles. The van der Waals surface area contributed by atoms with Crippen LogP contribution in [0, 0.1) is 5.82 Å². The number of nitrogens with one attached hydrogen (secondary N) is 1. The lowest BCUT2D eigenvalue weighted by Gasteiger charge is -2.39. The second-order valence-electron chi connectivity index (χ2n) is 7.90. The summed E-state index contributed by atoms with van der Waals surface area (Å²) >= 11 is 0. The van der Waals surface area contributed by atoms with Crippen LogP contribution in [0.4, 0.5) is 4.39 Å². The predicted molar refractivity (Wildman–Crippen MR) is 117 cm³/mol. The molecule has 0 unspecified atom stereocenters. The second-order valence-corrected chi connectivity index (χ2v) is 10.6. The Kier molecular flexibility index (Phi) is 6.65. The van der Waals surface area contributed by atoms with E-state index in [0.29, 0.717) is 37.8 Å². The third-order valence-corrected chi connectivity index (χ3v) is 7.75. The Morgan fingerprint density at radius 1 is 1.23 bits per heavy atom. The number of ether oxygens (including phenoxy) is 1. The van der Waals surface area contributed by atoms with Gasteiger partial charge in [0.05, 0.1) is 10.5 Å². The molecule has 0 radical (unpaired) electrons. The lowest BCUT2D eigenvalue weighted by molar-refractivity contribution is 0.353. The summed E-state index contributed by atoms with van der Waals surface area (Å²) in [6.07, 6.45) is 0.594. The molecule has 2 aromatic carbocycles. The number of nitrogens with zero attached hydrogens (tertiary/aromatic N) is 2. The fourth-order valence-electron chi connectivity index (χ4n) is 3.37. The Morgan fingerprint density at radius 2 is 1.97 bits per heavy atom. The molecule has 6 nitrogen and oxygen atoms in total. The molecule has 0 saturated carbocycles. The summed E-state index contributed by atoms with van der Waals surface area (Å²) < 4.78 is 43.6. The van der Waals surface area contributed by atoms with Gasteiger partial charge < -0.3 is 15.0 Å². The molecule has 2 aromatic rings. The van der Waals surface area contributed by atoms with Crippen molar-refractivity contribution in [3.63, 3.8) is 0 Å². The van der Waals surface area contributed by atoms with Crippen molar-refractivity contribution in [3.8, 4) is 11.5 Å². The highest BCUT2D eigenvalue weighted by Crippen LogP contribution is 2.25.